The molecule has 0 aliphatic carbocycles. The molecule has 1 aromatic heterocycles. The summed E-state index contributed by atoms with van der Waals surface area (Å²) in [6.45, 7) is 0.772. The standard InChI is InChI=1S/C6H8F2N4O/c1-13-3-2-9-6-11-4(7)10-5(8)12-6/h2-3H2,1H3,(H,9,10,11,12). The minimum atomic E-state index is -1.15. The highest BCUT2D eigenvalue weighted by Crippen LogP contribution is 1.97. The van der Waals surface area contributed by atoms with Gasteiger partial charge >= 0.3 is 12.2 Å². The molecule has 0 spiro atoms. The van der Waals surface area contributed by atoms with Crippen LogP contribution in [-0.4, -0.2) is 35.2 Å². The highest BCUT2D eigenvalue weighted by Gasteiger charge is 2.03. The number of anilines is 1. The summed E-state index contributed by atoms with van der Waals surface area (Å²) in [5.41, 5.74) is 0. The number of ether oxygens (including phenoxy) is 1. The lowest BCUT2D eigenvalue weighted by Crippen LogP contribution is -2.12. The van der Waals surface area contributed by atoms with Crippen molar-refractivity contribution in [3.05, 3.63) is 12.2 Å². The molecule has 0 fully saturated rings. The normalized spacial score (nSPS) is 10.1. The fourth-order valence-corrected chi connectivity index (χ4v) is 0.670. The van der Waals surface area contributed by atoms with Crippen LogP contribution in [0.1, 0.15) is 0 Å². The van der Waals surface area contributed by atoms with E-state index in [-0.39, 0.29) is 5.95 Å². The highest BCUT2D eigenvalue weighted by molar-refractivity contribution is 5.20. The van der Waals surface area contributed by atoms with E-state index in [1.807, 2.05) is 0 Å². The monoisotopic (exact) mass is 190 g/mol. The number of methoxy groups -OCH3 is 1. The van der Waals surface area contributed by atoms with Crippen LogP contribution in [0.2, 0.25) is 0 Å². The lowest BCUT2D eigenvalue weighted by Gasteiger charge is -2.02. The van der Waals surface area contributed by atoms with Crippen molar-refractivity contribution in [3.8, 4) is 0 Å². The zero-order chi connectivity index (χ0) is 9.68. The molecule has 0 bridgehead atoms. The number of hydrogen-bond donors (Lipinski definition) is 1. The van der Waals surface area contributed by atoms with Gasteiger partial charge in [0.05, 0.1) is 6.61 Å². The first-order valence-electron chi connectivity index (χ1n) is 3.52. The zero-order valence-corrected chi connectivity index (χ0v) is 6.92. The summed E-state index contributed by atoms with van der Waals surface area (Å²) in [6, 6.07) is 0. The average molecular weight is 190 g/mol. The summed E-state index contributed by atoms with van der Waals surface area (Å²) in [7, 11) is 1.51. The first kappa shape index (κ1) is 9.72. The van der Waals surface area contributed by atoms with Crippen LogP contribution in [0.15, 0.2) is 0 Å². The SMILES string of the molecule is COCCNc1nc(F)nc(F)n1. The Balaban J connectivity index is 2.56. The third kappa shape index (κ3) is 3.24. The largest absolute Gasteiger partial charge is 0.383 e. The molecule has 1 N–H and O–H groups in total. The molecule has 0 aliphatic rings. The van der Waals surface area contributed by atoms with E-state index >= 15 is 0 Å². The number of aromatic nitrogens is 3. The van der Waals surface area contributed by atoms with Gasteiger partial charge in [-0.15, -0.1) is 0 Å². The fraction of sp³-hybridized carbons (Fsp3) is 0.500. The molecule has 0 saturated heterocycles. The van der Waals surface area contributed by atoms with Gasteiger partial charge in [0.25, 0.3) is 0 Å². The van der Waals surface area contributed by atoms with E-state index in [9.17, 15) is 8.78 Å². The van der Waals surface area contributed by atoms with Gasteiger partial charge in [-0.05, 0) is 0 Å². The summed E-state index contributed by atoms with van der Waals surface area (Å²) in [4.78, 5) is 9.16. The van der Waals surface area contributed by atoms with E-state index in [0.717, 1.165) is 0 Å². The van der Waals surface area contributed by atoms with Gasteiger partial charge in [0.15, 0.2) is 0 Å². The zero-order valence-electron chi connectivity index (χ0n) is 6.92. The summed E-state index contributed by atoms with van der Waals surface area (Å²) < 4.78 is 29.4. The van der Waals surface area contributed by atoms with E-state index in [1.54, 1.807) is 0 Å². The van der Waals surface area contributed by atoms with Crippen molar-refractivity contribution in [1.29, 1.82) is 0 Å². The Bertz CT molecular complexity index is 263. The molecule has 72 valence electrons. The van der Waals surface area contributed by atoms with Crippen molar-refractivity contribution in [2.75, 3.05) is 25.6 Å². The minimum absolute atomic E-state index is 0.137. The molecule has 1 heterocycles. The molecule has 1 aromatic rings. The lowest BCUT2D eigenvalue weighted by atomic mass is 10.7. The molecular formula is C6H8F2N4O. The predicted octanol–water partition coefficient (Wildman–Crippen LogP) is 0.208. The molecule has 0 saturated carbocycles. The summed E-state index contributed by atoms with van der Waals surface area (Å²) >= 11 is 0. The maximum Gasteiger partial charge on any atom is 0.315 e. The summed E-state index contributed by atoms with van der Waals surface area (Å²) in [5, 5.41) is 2.56. The van der Waals surface area contributed by atoms with E-state index < -0.39 is 12.2 Å². The number of nitrogens with zero attached hydrogens (tertiary/aromatic N) is 3. The molecule has 0 atom stereocenters. The Morgan fingerprint density at radius 1 is 1.23 bits per heavy atom. The van der Waals surface area contributed by atoms with E-state index in [1.165, 1.54) is 7.11 Å². The second kappa shape index (κ2) is 4.61. The first-order valence-corrected chi connectivity index (χ1v) is 3.52. The van der Waals surface area contributed by atoms with Gasteiger partial charge in [0, 0.05) is 13.7 Å². The van der Waals surface area contributed by atoms with Gasteiger partial charge < -0.3 is 10.1 Å². The van der Waals surface area contributed by atoms with Crippen LogP contribution in [-0.2, 0) is 4.74 Å². The Labute approximate surface area is 73.2 Å². The second-order valence-corrected chi connectivity index (χ2v) is 2.12. The van der Waals surface area contributed by atoms with Gasteiger partial charge in [0.2, 0.25) is 5.95 Å². The molecule has 0 unspecified atom stereocenters. The molecule has 5 nitrogen and oxygen atoms in total. The Hall–Kier alpha value is -1.37. The van der Waals surface area contributed by atoms with E-state index in [0.29, 0.717) is 13.2 Å². The van der Waals surface area contributed by atoms with Gasteiger partial charge in [0.1, 0.15) is 0 Å². The van der Waals surface area contributed by atoms with Gasteiger partial charge in [-0.3, -0.25) is 0 Å². The third-order valence-electron chi connectivity index (χ3n) is 1.17. The number of nitrogens with one attached hydrogen (secondary N) is 1. The van der Waals surface area contributed by atoms with Crippen LogP contribution in [0, 0.1) is 12.2 Å². The van der Waals surface area contributed by atoms with E-state index in [4.69, 9.17) is 4.74 Å². The molecule has 0 amide bonds. The van der Waals surface area contributed by atoms with Crippen molar-refractivity contribution < 1.29 is 13.5 Å². The van der Waals surface area contributed by atoms with Crippen LogP contribution < -0.4 is 5.32 Å². The predicted molar refractivity (Wildman–Crippen MR) is 40.1 cm³/mol. The van der Waals surface area contributed by atoms with Crippen molar-refractivity contribution in [2.45, 2.75) is 0 Å². The van der Waals surface area contributed by atoms with Crippen LogP contribution >= 0.6 is 0 Å². The Morgan fingerprint density at radius 3 is 2.38 bits per heavy atom. The molecular weight excluding hydrogens is 182 g/mol. The quantitative estimate of drug-likeness (QED) is 0.687. The van der Waals surface area contributed by atoms with Crippen molar-refractivity contribution >= 4 is 5.95 Å². The molecule has 13 heavy (non-hydrogen) atoms. The smallest absolute Gasteiger partial charge is 0.315 e. The second-order valence-electron chi connectivity index (χ2n) is 2.12. The Kier molecular flexibility index (Phi) is 3.44. The molecule has 0 aromatic carbocycles. The third-order valence-corrected chi connectivity index (χ3v) is 1.17. The Morgan fingerprint density at radius 2 is 1.85 bits per heavy atom. The van der Waals surface area contributed by atoms with Gasteiger partial charge in [-0.25, -0.2) is 0 Å². The molecule has 0 radical (unpaired) electrons. The van der Waals surface area contributed by atoms with Crippen molar-refractivity contribution in [1.82, 2.24) is 15.0 Å². The van der Waals surface area contributed by atoms with Crippen molar-refractivity contribution in [3.63, 3.8) is 0 Å². The van der Waals surface area contributed by atoms with Crippen LogP contribution in [0.4, 0.5) is 14.7 Å². The van der Waals surface area contributed by atoms with E-state index in [2.05, 4.69) is 20.3 Å². The highest BCUT2D eigenvalue weighted by atomic mass is 19.1. The first-order chi connectivity index (χ1) is 6.22. The summed E-state index contributed by atoms with van der Waals surface area (Å²) in [6.07, 6.45) is -2.29. The minimum Gasteiger partial charge on any atom is -0.383 e. The lowest BCUT2D eigenvalue weighted by molar-refractivity contribution is 0.210. The number of halogens is 2. The number of rotatable bonds is 4. The summed E-state index contributed by atoms with van der Waals surface area (Å²) in [5.74, 6) is -0.137. The maximum atomic E-state index is 12.4. The molecule has 1 rings (SSSR count). The average Bonchev–Trinajstić information content (AvgIpc) is 2.03. The fourth-order valence-electron chi connectivity index (χ4n) is 0.670. The van der Waals surface area contributed by atoms with Gasteiger partial charge in [-0.2, -0.15) is 23.7 Å². The van der Waals surface area contributed by atoms with Crippen LogP contribution in [0.25, 0.3) is 0 Å². The number of hydrogen-bond acceptors (Lipinski definition) is 5. The maximum absolute atomic E-state index is 12.4. The molecule has 0 aliphatic heterocycles. The topological polar surface area (TPSA) is 59.9 Å². The van der Waals surface area contributed by atoms with Gasteiger partial charge in [-0.1, -0.05) is 0 Å². The molecule has 7 heteroatoms. The van der Waals surface area contributed by atoms with Crippen molar-refractivity contribution in [2.24, 2.45) is 0 Å². The van der Waals surface area contributed by atoms with Crippen LogP contribution in [0.3, 0.4) is 0 Å². The van der Waals surface area contributed by atoms with Crippen LogP contribution in [0.5, 0.6) is 0 Å².